The van der Waals surface area contributed by atoms with Crippen LogP contribution in [0, 0.1) is 0 Å². The van der Waals surface area contributed by atoms with E-state index in [-0.39, 0.29) is 0 Å². The molecule has 0 aliphatic rings. The second kappa shape index (κ2) is 9.27. The van der Waals surface area contributed by atoms with Crippen LogP contribution in [-0.4, -0.2) is 31.1 Å². The summed E-state index contributed by atoms with van der Waals surface area (Å²) in [7, 11) is 0. The van der Waals surface area contributed by atoms with E-state index in [1.165, 1.54) is 10.8 Å². The van der Waals surface area contributed by atoms with Crippen LogP contribution in [0.5, 0.6) is 0 Å². The standard InChI is InChI=1S/C25H29N5S/c1-15(2)22-18-8-6-7-9-20(18)25(30-28-22)31-13-11-17(5)24-19-10-12-26-14-21(19)23(16(3)4)27-29-24/h6-10,12,14-17H,11,13H2,1-5H3. The number of rotatable bonds is 7. The third-order valence-electron chi connectivity index (χ3n) is 5.67. The molecule has 1 atom stereocenters. The molecule has 1 aromatic carbocycles. The zero-order valence-corrected chi connectivity index (χ0v) is 19.6. The van der Waals surface area contributed by atoms with E-state index in [9.17, 15) is 0 Å². The molecule has 0 spiro atoms. The first kappa shape index (κ1) is 21.6. The average Bonchev–Trinajstić information content (AvgIpc) is 2.77. The molecule has 0 bridgehead atoms. The van der Waals surface area contributed by atoms with Gasteiger partial charge in [0.2, 0.25) is 0 Å². The maximum Gasteiger partial charge on any atom is 0.127 e. The van der Waals surface area contributed by atoms with Crippen molar-refractivity contribution in [1.82, 2.24) is 25.4 Å². The van der Waals surface area contributed by atoms with Crippen molar-refractivity contribution in [3.63, 3.8) is 0 Å². The molecule has 4 aromatic rings. The average molecular weight is 432 g/mol. The highest BCUT2D eigenvalue weighted by Crippen LogP contribution is 2.33. The van der Waals surface area contributed by atoms with Gasteiger partial charge in [0.25, 0.3) is 0 Å². The second-order valence-electron chi connectivity index (χ2n) is 8.68. The Morgan fingerprint density at radius 3 is 2.06 bits per heavy atom. The largest absolute Gasteiger partial charge is 0.264 e. The van der Waals surface area contributed by atoms with Crippen molar-refractivity contribution >= 4 is 33.3 Å². The van der Waals surface area contributed by atoms with Crippen LogP contribution in [0.2, 0.25) is 0 Å². The lowest BCUT2D eigenvalue weighted by Gasteiger charge is -2.16. The van der Waals surface area contributed by atoms with E-state index in [1.54, 1.807) is 11.8 Å². The Labute approximate surface area is 188 Å². The van der Waals surface area contributed by atoms with E-state index in [0.717, 1.165) is 45.1 Å². The molecule has 0 saturated carbocycles. The van der Waals surface area contributed by atoms with Gasteiger partial charge in [0, 0.05) is 45.6 Å². The van der Waals surface area contributed by atoms with E-state index >= 15 is 0 Å². The molecule has 3 heterocycles. The number of thioether (sulfide) groups is 1. The number of fused-ring (bicyclic) bond motifs is 2. The molecule has 1 unspecified atom stereocenters. The lowest BCUT2D eigenvalue weighted by Crippen LogP contribution is -2.06. The maximum absolute atomic E-state index is 4.62. The van der Waals surface area contributed by atoms with E-state index in [0.29, 0.717) is 17.8 Å². The normalized spacial score (nSPS) is 12.9. The molecule has 0 amide bonds. The zero-order valence-electron chi connectivity index (χ0n) is 18.8. The van der Waals surface area contributed by atoms with Crippen molar-refractivity contribution in [3.8, 4) is 0 Å². The Morgan fingerprint density at radius 1 is 0.710 bits per heavy atom. The third-order valence-corrected chi connectivity index (χ3v) is 6.69. The summed E-state index contributed by atoms with van der Waals surface area (Å²) in [6.45, 7) is 10.8. The minimum Gasteiger partial charge on any atom is -0.264 e. The fourth-order valence-corrected chi connectivity index (χ4v) is 5.03. The van der Waals surface area contributed by atoms with Crippen LogP contribution in [0.4, 0.5) is 0 Å². The maximum atomic E-state index is 4.62. The fraction of sp³-hybridized carbons (Fsp3) is 0.400. The van der Waals surface area contributed by atoms with Gasteiger partial charge >= 0.3 is 0 Å². The SMILES string of the molecule is CC(C)c1nnc(SCCC(C)c2nnc(C(C)C)c3cnccc23)c2ccccc12. The number of benzene rings is 1. The number of hydrogen-bond donors (Lipinski definition) is 0. The Morgan fingerprint density at radius 2 is 1.32 bits per heavy atom. The van der Waals surface area contributed by atoms with E-state index in [1.807, 2.05) is 12.4 Å². The molecule has 160 valence electrons. The minimum atomic E-state index is 0.292. The van der Waals surface area contributed by atoms with E-state index < -0.39 is 0 Å². The Balaban J connectivity index is 1.54. The first-order valence-corrected chi connectivity index (χ1v) is 11.9. The number of aromatic nitrogens is 5. The summed E-state index contributed by atoms with van der Waals surface area (Å²) >= 11 is 1.77. The molecular formula is C25H29N5S. The Hall–Kier alpha value is -2.60. The summed E-state index contributed by atoms with van der Waals surface area (Å²) in [5.41, 5.74) is 3.13. The monoisotopic (exact) mass is 431 g/mol. The van der Waals surface area contributed by atoms with Gasteiger partial charge in [-0.15, -0.1) is 16.9 Å². The topological polar surface area (TPSA) is 64.5 Å². The minimum absolute atomic E-state index is 0.292. The fourth-order valence-electron chi connectivity index (χ4n) is 3.93. The number of pyridine rings is 1. The van der Waals surface area contributed by atoms with Crippen molar-refractivity contribution in [2.24, 2.45) is 0 Å². The summed E-state index contributed by atoms with van der Waals surface area (Å²) in [4.78, 5) is 4.32. The van der Waals surface area contributed by atoms with Crippen LogP contribution in [0.15, 0.2) is 47.8 Å². The number of nitrogens with zero attached hydrogens (tertiary/aromatic N) is 5. The van der Waals surface area contributed by atoms with Crippen molar-refractivity contribution in [2.75, 3.05) is 5.75 Å². The molecule has 5 nitrogen and oxygen atoms in total. The number of hydrogen-bond acceptors (Lipinski definition) is 6. The highest BCUT2D eigenvalue weighted by molar-refractivity contribution is 7.99. The molecule has 4 rings (SSSR count). The van der Waals surface area contributed by atoms with Gasteiger partial charge in [0.05, 0.1) is 17.1 Å². The molecule has 0 radical (unpaired) electrons. The van der Waals surface area contributed by atoms with Gasteiger partial charge in [-0.2, -0.15) is 15.3 Å². The molecule has 0 fully saturated rings. The summed E-state index contributed by atoms with van der Waals surface area (Å²) < 4.78 is 0. The van der Waals surface area contributed by atoms with Crippen LogP contribution in [0.3, 0.4) is 0 Å². The second-order valence-corrected chi connectivity index (χ2v) is 9.76. The van der Waals surface area contributed by atoms with Crippen LogP contribution < -0.4 is 0 Å². The van der Waals surface area contributed by atoms with Gasteiger partial charge < -0.3 is 0 Å². The predicted octanol–water partition coefficient (Wildman–Crippen LogP) is 6.50. The van der Waals surface area contributed by atoms with Crippen LogP contribution in [0.1, 0.15) is 75.9 Å². The third kappa shape index (κ3) is 4.40. The summed E-state index contributed by atoms with van der Waals surface area (Å²) in [5.74, 6) is 1.91. The molecule has 6 heteroatoms. The van der Waals surface area contributed by atoms with E-state index in [4.69, 9.17) is 0 Å². The van der Waals surface area contributed by atoms with Gasteiger partial charge in [-0.25, -0.2) is 0 Å². The van der Waals surface area contributed by atoms with Crippen molar-refractivity contribution in [2.45, 2.75) is 63.8 Å². The molecule has 0 saturated heterocycles. The smallest absolute Gasteiger partial charge is 0.127 e. The van der Waals surface area contributed by atoms with Gasteiger partial charge in [-0.3, -0.25) is 4.98 Å². The molecule has 0 aliphatic heterocycles. The van der Waals surface area contributed by atoms with Crippen molar-refractivity contribution in [3.05, 3.63) is 59.8 Å². The molecular weight excluding hydrogens is 402 g/mol. The van der Waals surface area contributed by atoms with Crippen LogP contribution in [0.25, 0.3) is 21.5 Å². The lowest BCUT2D eigenvalue weighted by molar-refractivity contribution is 0.691. The van der Waals surface area contributed by atoms with Crippen LogP contribution in [-0.2, 0) is 0 Å². The van der Waals surface area contributed by atoms with Gasteiger partial charge in [-0.05, 0) is 24.3 Å². The van der Waals surface area contributed by atoms with Crippen molar-refractivity contribution < 1.29 is 0 Å². The molecule has 31 heavy (non-hydrogen) atoms. The summed E-state index contributed by atoms with van der Waals surface area (Å²) in [5, 5.41) is 23.9. The lowest BCUT2D eigenvalue weighted by atomic mass is 9.97. The van der Waals surface area contributed by atoms with Crippen molar-refractivity contribution in [1.29, 1.82) is 0 Å². The highest BCUT2D eigenvalue weighted by Gasteiger charge is 2.17. The molecule has 3 aromatic heterocycles. The Kier molecular flexibility index (Phi) is 6.46. The first-order chi connectivity index (χ1) is 15.0. The molecule has 0 N–H and O–H groups in total. The van der Waals surface area contributed by atoms with Gasteiger partial charge in [0.15, 0.2) is 0 Å². The van der Waals surface area contributed by atoms with Gasteiger partial charge in [-0.1, -0.05) is 58.9 Å². The van der Waals surface area contributed by atoms with Crippen LogP contribution >= 0.6 is 11.8 Å². The molecule has 0 aliphatic carbocycles. The Bertz CT molecular complexity index is 1210. The summed E-state index contributed by atoms with van der Waals surface area (Å²) in [6, 6.07) is 10.5. The highest BCUT2D eigenvalue weighted by atomic mass is 32.2. The van der Waals surface area contributed by atoms with Gasteiger partial charge in [0.1, 0.15) is 5.03 Å². The predicted molar refractivity (Wildman–Crippen MR) is 129 cm³/mol. The first-order valence-electron chi connectivity index (χ1n) is 11.0. The van der Waals surface area contributed by atoms with E-state index in [2.05, 4.69) is 90.3 Å². The summed E-state index contributed by atoms with van der Waals surface area (Å²) in [6.07, 6.45) is 4.75. The zero-order chi connectivity index (χ0) is 22.0. The quantitative estimate of drug-likeness (QED) is 0.311.